The van der Waals surface area contributed by atoms with E-state index in [0.717, 1.165) is 25.0 Å². The molecule has 0 spiro atoms. The highest BCUT2D eigenvalue weighted by Crippen LogP contribution is 2.33. The Morgan fingerprint density at radius 1 is 0.417 bits per heavy atom. The van der Waals surface area contributed by atoms with Gasteiger partial charge in [0.2, 0.25) is 11.8 Å². The van der Waals surface area contributed by atoms with Gasteiger partial charge in [0, 0.05) is 43.5 Å². The lowest BCUT2D eigenvalue weighted by Gasteiger charge is -2.16. The Morgan fingerprint density at radius 2 is 0.722 bits per heavy atom. The Labute approximate surface area is 429 Å². The molecular weight excluding hydrogens is 975 g/mol. The van der Waals surface area contributed by atoms with Crippen LogP contribution in [0.3, 0.4) is 0 Å². The molecule has 5 amide bonds. The largest absolute Gasteiger partial charge is 0.465 e. The molecule has 0 radical (unpaired) electrons. The molecule has 0 bridgehead atoms. The monoisotopic (exact) mass is 1060 g/mol. The molecule has 3 atom stereocenters. The first-order chi connectivity index (χ1) is 35.5. The Bertz CT molecular complexity index is 1290. The first kappa shape index (κ1) is 65.3. The molecule has 0 saturated carbocycles. The van der Waals surface area contributed by atoms with E-state index >= 15 is 0 Å². The predicted molar refractivity (Wildman–Crippen MR) is 263 cm³/mol. The molecular formula is C46H87N5O20S. The molecule has 2 rings (SSSR count). The van der Waals surface area contributed by atoms with Crippen LogP contribution < -0.4 is 26.6 Å². The number of ether oxygens (including phenoxy) is 15. The van der Waals surface area contributed by atoms with E-state index in [2.05, 4.69) is 26.6 Å². The molecule has 0 unspecified atom stereocenters. The normalized spacial score (nSPS) is 16.2. The molecule has 0 aromatic rings. The lowest BCUT2D eigenvalue weighted by molar-refractivity contribution is -0.123. The molecule has 6 N–H and O–H groups in total. The lowest BCUT2D eigenvalue weighted by atomic mass is 10.0. The van der Waals surface area contributed by atoms with E-state index in [0.29, 0.717) is 216 Å². The molecule has 2 aliphatic rings. The van der Waals surface area contributed by atoms with Crippen LogP contribution in [0.2, 0.25) is 0 Å². The highest BCUT2D eigenvalue weighted by molar-refractivity contribution is 8.00. The third kappa shape index (κ3) is 42.6. The highest BCUT2D eigenvalue weighted by Gasteiger charge is 2.42. The Balaban J connectivity index is 1.12. The van der Waals surface area contributed by atoms with Crippen LogP contribution in [0.1, 0.15) is 32.1 Å². The average Bonchev–Trinajstić information content (AvgIpc) is 3.93. The van der Waals surface area contributed by atoms with Gasteiger partial charge in [0.05, 0.1) is 210 Å². The van der Waals surface area contributed by atoms with Crippen molar-refractivity contribution >= 4 is 35.7 Å². The van der Waals surface area contributed by atoms with Gasteiger partial charge in [0.25, 0.3) is 0 Å². The molecule has 2 fully saturated rings. The molecule has 25 nitrogen and oxygen atoms in total. The Hall–Kier alpha value is -2.77. The summed E-state index contributed by atoms with van der Waals surface area (Å²) in [4.78, 5) is 45.8. The average molecular weight is 1060 g/mol. The number of hydrogen-bond donors (Lipinski definition) is 6. The van der Waals surface area contributed by atoms with Crippen molar-refractivity contribution in [3.63, 3.8) is 0 Å². The fourth-order valence-corrected chi connectivity index (χ4v) is 7.98. The van der Waals surface area contributed by atoms with Crippen LogP contribution in [-0.4, -0.2) is 270 Å². The summed E-state index contributed by atoms with van der Waals surface area (Å²) >= 11 is 1.90. The number of rotatable bonds is 56. The number of carbonyl (C=O) groups is 4. The van der Waals surface area contributed by atoms with Crippen molar-refractivity contribution < 1.29 is 95.3 Å². The third-order valence-electron chi connectivity index (χ3n) is 10.0. The van der Waals surface area contributed by atoms with Gasteiger partial charge in [-0.05, 0) is 12.8 Å². The molecule has 2 aliphatic heterocycles. The zero-order valence-electron chi connectivity index (χ0n) is 42.4. The van der Waals surface area contributed by atoms with Gasteiger partial charge >= 0.3 is 12.1 Å². The van der Waals surface area contributed by atoms with Crippen LogP contribution in [-0.2, 0) is 80.6 Å². The fourth-order valence-electron chi connectivity index (χ4n) is 6.43. The van der Waals surface area contributed by atoms with Crippen molar-refractivity contribution in [1.29, 1.82) is 0 Å². The zero-order valence-corrected chi connectivity index (χ0v) is 43.2. The molecule has 26 heteroatoms. The molecule has 422 valence electrons. The van der Waals surface area contributed by atoms with E-state index in [-0.39, 0.29) is 49.5 Å². The van der Waals surface area contributed by atoms with Gasteiger partial charge in [-0.15, -0.1) is 0 Å². The van der Waals surface area contributed by atoms with Crippen molar-refractivity contribution in [2.24, 2.45) is 0 Å². The van der Waals surface area contributed by atoms with E-state index in [4.69, 9.17) is 76.2 Å². The van der Waals surface area contributed by atoms with Gasteiger partial charge in [-0.3, -0.25) is 9.59 Å². The Morgan fingerprint density at radius 3 is 1.07 bits per heavy atom. The molecule has 0 aromatic heterocycles. The number of unbranched alkanes of at least 4 members (excludes halogenated alkanes) is 1. The van der Waals surface area contributed by atoms with E-state index < -0.39 is 6.09 Å². The third-order valence-corrected chi connectivity index (χ3v) is 11.6. The van der Waals surface area contributed by atoms with E-state index in [1.54, 1.807) is 0 Å². The predicted octanol–water partition coefficient (Wildman–Crippen LogP) is -0.149. The minimum absolute atomic E-state index is 0.0349. The van der Waals surface area contributed by atoms with Crippen molar-refractivity contribution in [3.05, 3.63) is 0 Å². The smallest absolute Gasteiger partial charge is 0.404 e. The Kier molecular flexibility index (Phi) is 45.7. The lowest BCUT2D eigenvalue weighted by Crippen LogP contribution is -2.36. The number of nitrogens with one attached hydrogen (secondary N) is 5. The van der Waals surface area contributed by atoms with E-state index in [9.17, 15) is 19.2 Å². The number of thioether (sulfide) groups is 1. The summed E-state index contributed by atoms with van der Waals surface area (Å²) in [6, 6.07) is 0.384. The van der Waals surface area contributed by atoms with Gasteiger partial charge in [-0.2, -0.15) is 11.8 Å². The van der Waals surface area contributed by atoms with Crippen LogP contribution in [0.25, 0.3) is 0 Å². The number of hydrogen-bond acceptors (Lipinski definition) is 20. The maximum Gasteiger partial charge on any atom is 0.404 e. The maximum atomic E-state index is 12.1. The molecule has 72 heavy (non-hydrogen) atoms. The fraction of sp³-hybridized carbons (Fsp3) is 0.913. The second kappa shape index (κ2) is 50.4. The number of fused-ring (bicyclic) bond motifs is 1. The minimum atomic E-state index is -1.08. The SMILES string of the molecule is O=C(O)NCCOCCOCCOCCOCCC(=O)NCCOCCOCCOCCOCCOCCOCCOCCOCCOCCOCCOCCNC(=O)CCCC[C@@H]1SC[C@@H]2NC(=O)N[C@@H]21. The maximum absolute atomic E-state index is 12.1. The summed E-state index contributed by atoms with van der Waals surface area (Å²) in [5.74, 6) is 0.871. The van der Waals surface area contributed by atoms with Gasteiger partial charge < -0.3 is 103 Å². The van der Waals surface area contributed by atoms with Crippen molar-refractivity contribution in [1.82, 2.24) is 26.6 Å². The molecule has 2 saturated heterocycles. The van der Waals surface area contributed by atoms with Crippen LogP contribution in [0.15, 0.2) is 0 Å². The summed E-state index contributed by atoms with van der Waals surface area (Å²) in [7, 11) is 0. The molecule has 0 aromatic carbocycles. The number of carbonyl (C=O) groups excluding carboxylic acids is 3. The van der Waals surface area contributed by atoms with Crippen molar-refractivity contribution in [2.75, 3.05) is 224 Å². The van der Waals surface area contributed by atoms with Crippen LogP contribution >= 0.6 is 11.8 Å². The minimum Gasteiger partial charge on any atom is -0.465 e. The van der Waals surface area contributed by atoms with Crippen LogP contribution in [0.4, 0.5) is 9.59 Å². The summed E-state index contributed by atoms with van der Waals surface area (Å²) in [6.07, 6.45) is 2.47. The summed E-state index contributed by atoms with van der Waals surface area (Å²) in [5, 5.41) is 22.7. The van der Waals surface area contributed by atoms with E-state index in [1.165, 1.54) is 0 Å². The second-order valence-corrected chi connectivity index (χ2v) is 17.0. The van der Waals surface area contributed by atoms with Gasteiger partial charge in [0.1, 0.15) is 0 Å². The molecule has 2 heterocycles. The quantitative estimate of drug-likeness (QED) is 0.0341. The van der Waals surface area contributed by atoms with Crippen molar-refractivity contribution in [3.8, 4) is 0 Å². The standard InChI is InChI=1S/C46H87N5O20S/c52-42(4-2-1-3-41-44-40(39-72-41)50-45(54)51-44)47-6-10-58-14-18-62-23-25-65-27-29-67-31-33-69-35-37-71-38-36-70-34-32-68-30-28-66-26-24-63-19-15-59-11-7-48-43(53)5-9-57-13-17-61-21-22-64-20-16-60-12-8-49-46(55)56/h40-41,44,49H,1-39H2,(H,47,52)(H,48,53)(H,55,56)(H2,50,51,54)/t40-,41-,44-/m0/s1. The van der Waals surface area contributed by atoms with Gasteiger partial charge in [0.15, 0.2) is 0 Å². The van der Waals surface area contributed by atoms with E-state index in [1.807, 2.05) is 11.8 Å². The highest BCUT2D eigenvalue weighted by atomic mass is 32.2. The summed E-state index contributed by atoms with van der Waals surface area (Å²) in [5.41, 5.74) is 0. The van der Waals surface area contributed by atoms with Gasteiger partial charge in [-0.1, -0.05) is 6.42 Å². The first-order valence-electron chi connectivity index (χ1n) is 25.3. The molecule has 0 aliphatic carbocycles. The summed E-state index contributed by atoms with van der Waals surface area (Å²) in [6.45, 7) is 14.0. The number of carboxylic acid groups (broad SMARTS) is 1. The van der Waals surface area contributed by atoms with Gasteiger partial charge in [-0.25, -0.2) is 9.59 Å². The number of amides is 5. The van der Waals surface area contributed by atoms with Crippen LogP contribution in [0, 0.1) is 0 Å². The first-order valence-corrected chi connectivity index (χ1v) is 26.4. The topological polar surface area (TPSA) is 287 Å². The van der Waals surface area contributed by atoms with Crippen LogP contribution in [0.5, 0.6) is 0 Å². The second-order valence-electron chi connectivity index (χ2n) is 15.7. The van der Waals surface area contributed by atoms with Crippen molar-refractivity contribution in [2.45, 2.75) is 49.4 Å². The number of urea groups is 1. The zero-order chi connectivity index (χ0) is 51.5. The summed E-state index contributed by atoms with van der Waals surface area (Å²) < 4.78 is 81.9.